The van der Waals surface area contributed by atoms with Gasteiger partial charge in [-0.25, -0.2) is 9.78 Å². The largest absolute Gasteiger partial charge is 0.478 e. The molecule has 0 unspecified atom stereocenters. The third-order valence-corrected chi connectivity index (χ3v) is 5.21. The molecule has 1 aliphatic rings. The van der Waals surface area contributed by atoms with Gasteiger partial charge in [0.2, 0.25) is 0 Å². The standard InChI is InChI=1S/C22H23N3O2/c26-22(27)20-8-4-7-19-18(20)9-12-23-21(19)24-17-10-13-25(14-11-17)15-16-5-2-1-3-6-16/h1-9,12,17H,10-11,13-15H2,(H,23,24)(H,26,27). The van der Waals surface area contributed by atoms with Crippen molar-refractivity contribution in [3.8, 4) is 0 Å². The molecule has 5 nitrogen and oxygen atoms in total. The Morgan fingerprint density at radius 1 is 1.04 bits per heavy atom. The van der Waals surface area contributed by atoms with Gasteiger partial charge < -0.3 is 10.4 Å². The van der Waals surface area contributed by atoms with Gasteiger partial charge in [-0.1, -0.05) is 42.5 Å². The number of carboxylic acid groups (broad SMARTS) is 1. The first-order valence-corrected chi connectivity index (χ1v) is 9.34. The highest BCUT2D eigenvalue weighted by atomic mass is 16.4. The Kier molecular flexibility index (Phi) is 5.03. The molecule has 0 radical (unpaired) electrons. The van der Waals surface area contributed by atoms with Gasteiger partial charge in [-0.15, -0.1) is 0 Å². The van der Waals surface area contributed by atoms with Gasteiger partial charge in [-0.2, -0.15) is 0 Å². The van der Waals surface area contributed by atoms with E-state index in [0.717, 1.165) is 49.1 Å². The second-order valence-electron chi connectivity index (χ2n) is 7.05. The lowest BCUT2D eigenvalue weighted by Crippen LogP contribution is -2.38. The van der Waals surface area contributed by atoms with E-state index in [2.05, 4.69) is 39.5 Å². The Labute approximate surface area is 158 Å². The van der Waals surface area contributed by atoms with Gasteiger partial charge in [0.15, 0.2) is 0 Å². The highest BCUT2D eigenvalue weighted by Crippen LogP contribution is 2.26. The molecule has 1 aromatic heterocycles. The number of fused-ring (bicyclic) bond motifs is 1. The fourth-order valence-electron chi connectivity index (χ4n) is 3.78. The average molecular weight is 361 g/mol. The van der Waals surface area contributed by atoms with E-state index in [1.807, 2.05) is 12.1 Å². The van der Waals surface area contributed by atoms with Crippen LogP contribution in [-0.2, 0) is 6.54 Å². The quantitative estimate of drug-likeness (QED) is 0.719. The van der Waals surface area contributed by atoms with Crippen molar-refractivity contribution in [3.63, 3.8) is 0 Å². The van der Waals surface area contributed by atoms with Crippen LogP contribution in [0.3, 0.4) is 0 Å². The number of anilines is 1. The third-order valence-electron chi connectivity index (χ3n) is 5.21. The summed E-state index contributed by atoms with van der Waals surface area (Å²) in [6, 6.07) is 18.0. The molecular weight excluding hydrogens is 338 g/mol. The average Bonchev–Trinajstić information content (AvgIpc) is 2.70. The Balaban J connectivity index is 1.43. The first-order valence-electron chi connectivity index (χ1n) is 9.34. The smallest absolute Gasteiger partial charge is 0.336 e. The molecule has 1 aliphatic heterocycles. The summed E-state index contributed by atoms with van der Waals surface area (Å²) in [5, 5.41) is 14.5. The van der Waals surface area contributed by atoms with E-state index in [-0.39, 0.29) is 0 Å². The Morgan fingerprint density at radius 2 is 1.81 bits per heavy atom. The van der Waals surface area contributed by atoms with E-state index in [0.29, 0.717) is 11.6 Å². The second kappa shape index (κ2) is 7.76. The van der Waals surface area contributed by atoms with Crippen LogP contribution in [0.25, 0.3) is 10.8 Å². The molecule has 0 atom stereocenters. The van der Waals surface area contributed by atoms with Crippen LogP contribution in [0, 0.1) is 0 Å². The monoisotopic (exact) mass is 361 g/mol. The number of hydrogen-bond acceptors (Lipinski definition) is 4. The molecule has 0 bridgehead atoms. The topological polar surface area (TPSA) is 65.5 Å². The van der Waals surface area contributed by atoms with Gasteiger partial charge in [0.05, 0.1) is 5.56 Å². The van der Waals surface area contributed by atoms with Crippen LogP contribution in [0.4, 0.5) is 5.82 Å². The minimum absolute atomic E-state index is 0.315. The van der Waals surface area contributed by atoms with Crippen LogP contribution in [0.2, 0.25) is 0 Å². The maximum absolute atomic E-state index is 11.5. The van der Waals surface area contributed by atoms with Crippen molar-refractivity contribution in [2.24, 2.45) is 0 Å². The van der Waals surface area contributed by atoms with Crippen molar-refractivity contribution >= 4 is 22.6 Å². The molecule has 1 fully saturated rings. The van der Waals surface area contributed by atoms with Gasteiger partial charge in [0.25, 0.3) is 0 Å². The number of pyridine rings is 1. The van der Waals surface area contributed by atoms with Crippen molar-refractivity contribution in [3.05, 3.63) is 71.9 Å². The number of likely N-dealkylation sites (tertiary alicyclic amines) is 1. The summed E-state index contributed by atoms with van der Waals surface area (Å²) in [5.74, 6) is -0.135. The molecular formula is C22H23N3O2. The minimum Gasteiger partial charge on any atom is -0.478 e. The van der Waals surface area contributed by atoms with Crippen molar-refractivity contribution in [2.45, 2.75) is 25.4 Å². The normalized spacial score (nSPS) is 15.7. The molecule has 1 saturated heterocycles. The van der Waals surface area contributed by atoms with Gasteiger partial charge in [0, 0.05) is 42.6 Å². The van der Waals surface area contributed by atoms with E-state index in [1.54, 1.807) is 24.4 Å². The molecule has 138 valence electrons. The number of carbonyl (C=O) groups is 1. The summed E-state index contributed by atoms with van der Waals surface area (Å²) >= 11 is 0. The van der Waals surface area contributed by atoms with E-state index < -0.39 is 5.97 Å². The number of carboxylic acids is 1. The Bertz CT molecular complexity index is 935. The fraction of sp³-hybridized carbons (Fsp3) is 0.273. The number of rotatable bonds is 5. The lowest BCUT2D eigenvalue weighted by Gasteiger charge is -2.32. The molecule has 2 aromatic carbocycles. The van der Waals surface area contributed by atoms with Crippen LogP contribution < -0.4 is 5.32 Å². The predicted octanol–water partition coefficient (Wildman–Crippen LogP) is 4.01. The van der Waals surface area contributed by atoms with Crippen LogP contribution in [0.5, 0.6) is 0 Å². The summed E-state index contributed by atoms with van der Waals surface area (Å²) < 4.78 is 0. The zero-order chi connectivity index (χ0) is 18.6. The molecule has 0 saturated carbocycles. The lowest BCUT2D eigenvalue weighted by molar-refractivity contribution is 0.0699. The van der Waals surface area contributed by atoms with E-state index in [4.69, 9.17) is 0 Å². The van der Waals surface area contributed by atoms with E-state index in [1.165, 1.54) is 5.56 Å². The van der Waals surface area contributed by atoms with Crippen molar-refractivity contribution in [1.82, 2.24) is 9.88 Å². The van der Waals surface area contributed by atoms with Crippen molar-refractivity contribution < 1.29 is 9.90 Å². The highest BCUT2D eigenvalue weighted by Gasteiger charge is 2.20. The first-order chi connectivity index (χ1) is 13.2. The molecule has 4 rings (SSSR count). The fourth-order valence-corrected chi connectivity index (χ4v) is 3.78. The Hall–Kier alpha value is -2.92. The third kappa shape index (κ3) is 3.93. The van der Waals surface area contributed by atoms with E-state index in [9.17, 15) is 9.90 Å². The van der Waals surface area contributed by atoms with Crippen LogP contribution in [0.1, 0.15) is 28.8 Å². The van der Waals surface area contributed by atoms with Crippen molar-refractivity contribution in [1.29, 1.82) is 0 Å². The molecule has 0 spiro atoms. The van der Waals surface area contributed by atoms with Crippen LogP contribution in [-0.4, -0.2) is 40.1 Å². The van der Waals surface area contributed by atoms with Gasteiger partial charge in [-0.3, -0.25) is 4.90 Å². The molecule has 2 N–H and O–H groups in total. The van der Waals surface area contributed by atoms with E-state index >= 15 is 0 Å². The minimum atomic E-state index is -0.910. The zero-order valence-corrected chi connectivity index (χ0v) is 15.1. The summed E-state index contributed by atoms with van der Waals surface area (Å²) in [5.41, 5.74) is 1.66. The molecule has 0 aliphatic carbocycles. The highest BCUT2D eigenvalue weighted by molar-refractivity contribution is 6.06. The summed E-state index contributed by atoms with van der Waals surface area (Å²) in [4.78, 5) is 18.4. The number of nitrogens with zero attached hydrogens (tertiary/aromatic N) is 2. The number of aromatic carboxylic acids is 1. The zero-order valence-electron chi connectivity index (χ0n) is 15.1. The number of aromatic nitrogens is 1. The van der Waals surface area contributed by atoms with Crippen LogP contribution >= 0.6 is 0 Å². The number of benzene rings is 2. The van der Waals surface area contributed by atoms with Gasteiger partial charge in [0.1, 0.15) is 5.82 Å². The predicted molar refractivity (Wildman–Crippen MR) is 107 cm³/mol. The van der Waals surface area contributed by atoms with Crippen LogP contribution in [0.15, 0.2) is 60.8 Å². The summed E-state index contributed by atoms with van der Waals surface area (Å²) in [7, 11) is 0. The second-order valence-corrected chi connectivity index (χ2v) is 7.05. The molecule has 2 heterocycles. The van der Waals surface area contributed by atoms with Gasteiger partial charge in [-0.05, 0) is 30.5 Å². The SMILES string of the molecule is O=C(O)c1cccc2c(NC3CCN(Cc4ccccc4)CC3)nccc12. The number of piperidine rings is 1. The Morgan fingerprint density at radius 3 is 2.56 bits per heavy atom. The maximum atomic E-state index is 11.5. The lowest BCUT2D eigenvalue weighted by atomic mass is 10.0. The van der Waals surface area contributed by atoms with Crippen molar-refractivity contribution in [2.75, 3.05) is 18.4 Å². The number of hydrogen-bond donors (Lipinski definition) is 2. The maximum Gasteiger partial charge on any atom is 0.336 e. The molecule has 5 heteroatoms. The molecule has 0 amide bonds. The molecule has 27 heavy (non-hydrogen) atoms. The first kappa shape index (κ1) is 17.5. The number of nitrogens with one attached hydrogen (secondary N) is 1. The van der Waals surface area contributed by atoms with Gasteiger partial charge >= 0.3 is 5.97 Å². The summed E-state index contributed by atoms with van der Waals surface area (Å²) in [6.45, 7) is 3.07. The molecule has 3 aromatic rings. The summed E-state index contributed by atoms with van der Waals surface area (Å²) in [6.07, 6.45) is 3.77.